The highest BCUT2D eigenvalue weighted by Crippen LogP contribution is 2.39. The van der Waals surface area contributed by atoms with Gasteiger partial charge >= 0.3 is 5.69 Å². The lowest BCUT2D eigenvalue weighted by Crippen LogP contribution is -2.37. The largest absolute Gasteiger partial charge is 0.472 e. The molecule has 3 rings (SSSR count). The maximum Gasteiger partial charge on any atom is 0.352 e. The smallest absolute Gasteiger partial charge is 0.352 e. The fraction of sp³-hybridized carbons (Fsp3) is 0.353. The summed E-state index contributed by atoms with van der Waals surface area (Å²) in [6, 6.07) is 4.82. The van der Waals surface area contributed by atoms with E-state index in [-0.39, 0.29) is 47.2 Å². The average molecular weight is 377 g/mol. The quantitative estimate of drug-likeness (QED) is 0.503. The summed E-state index contributed by atoms with van der Waals surface area (Å²) in [5.74, 6) is -0.604. The molecule has 1 N–H and O–H groups in total. The molecule has 7 nitrogen and oxygen atoms in total. The zero-order valence-corrected chi connectivity index (χ0v) is 16.1. The van der Waals surface area contributed by atoms with Crippen LogP contribution in [0.25, 0.3) is 0 Å². The van der Waals surface area contributed by atoms with E-state index in [1.54, 1.807) is 6.07 Å². The molecule has 138 valence electrons. The molecule has 2 heterocycles. The lowest BCUT2D eigenvalue weighted by atomic mass is 10.2. The van der Waals surface area contributed by atoms with Gasteiger partial charge in [-0.1, -0.05) is 30.9 Å². The summed E-state index contributed by atoms with van der Waals surface area (Å²) in [4.78, 5) is 23.4. The van der Waals surface area contributed by atoms with Crippen LogP contribution in [0.1, 0.15) is 5.56 Å². The molecule has 0 atom stereocenters. The summed E-state index contributed by atoms with van der Waals surface area (Å²) in [7, 11) is -1.69. The van der Waals surface area contributed by atoms with Crippen LogP contribution < -0.4 is 20.8 Å². The number of hydrogen-bond donors (Lipinski definition) is 1. The Kier molecular flexibility index (Phi) is 4.35. The number of nitrogens with zero attached hydrogens (tertiary/aromatic N) is 2. The lowest BCUT2D eigenvalue weighted by molar-refractivity contribution is -0.385. The Hall–Kier alpha value is -2.68. The summed E-state index contributed by atoms with van der Waals surface area (Å²) in [5.41, 5.74) is -0.536. The third-order valence-electron chi connectivity index (χ3n) is 4.46. The first kappa shape index (κ1) is 18.1. The standard InChI is InChI=1S/C17H20FN3O4Si/c1-10-14(15(21(23)24)17-20(16(10)22)7-8-25-17)19-13-6-5-11(9-12(13)18)26(2,3)4/h5-6,9,19H,7-8H2,1-4H3. The maximum atomic E-state index is 14.6. The minimum absolute atomic E-state index is 0.0344. The highest BCUT2D eigenvalue weighted by molar-refractivity contribution is 6.88. The number of fused-ring (bicyclic) bond motifs is 1. The summed E-state index contributed by atoms with van der Waals surface area (Å²) < 4.78 is 21.1. The molecule has 0 saturated carbocycles. The molecule has 0 unspecified atom stereocenters. The van der Waals surface area contributed by atoms with E-state index in [0.717, 1.165) is 5.19 Å². The molecule has 0 aliphatic carbocycles. The summed E-state index contributed by atoms with van der Waals surface area (Å²) in [5, 5.41) is 15.3. The van der Waals surface area contributed by atoms with Crippen molar-refractivity contribution in [3.63, 3.8) is 0 Å². The Morgan fingerprint density at radius 2 is 2.04 bits per heavy atom. The SMILES string of the molecule is Cc1c(Nc2ccc([Si](C)(C)C)cc2F)c([N+](=O)[O-])c2n(c1=O)CCO2. The molecule has 1 aromatic heterocycles. The van der Waals surface area contributed by atoms with Gasteiger partial charge in [-0.3, -0.25) is 19.5 Å². The Morgan fingerprint density at radius 3 is 2.62 bits per heavy atom. The van der Waals surface area contributed by atoms with Gasteiger partial charge in [-0.15, -0.1) is 0 Å². The summed E-state index contributed by atoms with van der Waals surface area (Å²) in [6.45, 7) is 8.24. The van der Waals surface area contributed by atoms with Crippen LogP contribution in [0.15, 0.2) is 23.0 Å². The molecule has 0 spiro atoms. The molecule has 1 aliphatic rings. The maximum absolute atomic E-state index is 14.6. The molecular formula is C17H20FN3O4Si. The van der Waals surface area contributed by atoms with Crippen molar-refractivity contribution >= 4 is 30.3 Å². The lowest BCUT2D eigenvalue weighted by Gasteiger charge is -2.18. The number of halogens is 1. The summed E-state index contributed by atoms with van der Waals surface area (Å²) in [6.07, 6.45) is 0. The van der Waals surface area contributed by atoms with E-state index in [4.69, 9.17) is 4.74 Å². The molecule has 2 aromatic rings. The molecule has 0 radical (unpaired) electrons. The van der Waals surface area contributed by atoms with Crippen molar-refractivity contribution in [1.82, 2.24) is 4.57 Å². The minimum atomic E-state index is -1.69. The van der Waals surface area contributed by atoms with Gasteiger partial charge in [0.1, 0.15) is 18.1 Å². The van der Waals surface area contributed by atoms with Crippen molar-refractivity contribution < 1.29 is 14.1 Å². The number of rotatable bonds is 4. The van der Waals surface area contributed by atoms with Crippen molar-refractivity contribution in [2.45, 2.75) is 33.1 Å². The molecule has 0 amide bonds. The Morgan fingerprint density at radius 1 is 1.35 bits per heavy atom. The van der Waals surface area contributed by atoms with Crippen LogP contribution in [0.4, 0.5) is 21.5 Å². The molecule has 0 saturated heterocycles. The zero-order valence-electron chi connectivity index (χ0n) is 15.1. The Balaban J connectivity index is 2.13. The second-order valence-electron chi connectivity index (χ2n) is 7.29. The van der Waals surface area contributed by atoms with E-state index in [1.807, 2.05) is 6.07 Å². The number of aromatic nitrogens is 1. The Bertz CT molecular complexity index is 966. The van der Waals surface area contributed by atoms with Crippen LogP contribution in [0.5, 0.6) is 5.88 Å². The average Bonchev–Trinajstić information content (AvgIpc) is 3.02. The number of nitro groups is 1. The van der Waals surface area contributed by atoms with Gasteiger partial charge in [-0.2, -0.15) is 0 Å². The zero-order chi connectivity index (χ0) is 19.2. The van der Waals surface area contributed by atoms with E-state index in [0.29, 0.717) is 0 Å². The van der Waals surface area contributed by atoms with Crippen molar-refractivity contribution in [1.29, 1.82) is 0 Å². The molecule has 1 aliphatic heterocycles. The number of benzene rings is 1. The first-order chi connectivity index (χ1) is 12.1. The van der Waals surface area contributed by atoms with Crippen LogP contribution in [-0.2, 0) is 6.54 Å². The van der Waals surface area contributed by atoms with Crippen LogP contribution in [0, 0.1) is 22.9 Å². The van der Waals surface area contributed by atoms with E-state index < -0.39 is 18.8 Å². The van der Waals surface area contributed by atoms with Crippen molar-refractivity contribution in [3.05, 3.63) is 50.0 Å². The fourth-order valence-corrected chi connectivity index (χ4v) is 4.08. The van der Waals surface area contributed by atoms with Gasteiger partial charge in [0.2, 0.25) is 0 Å². The van der Waals surface area contributed by atoms with Gasteiger partial charge < -0.3 is 10.1 Å². The Labute approximate surface area is 150 Å². The molecular weight excluding hydrogens is 357 g/mol. The van der Waals surface area contributed by atoms with E-state index in [1.165, 1.54) is 17.6 Å². The van der Waals surface area contributed by atoms with Crippen molar-refractivity contribution in [3.8, 4) is 5.88 Å². The van der Waals surface area contributed by atoms with Gasteiger partial charge in [-0.05, 0) is 19.1 Å². The molecule has 1 aromatic carbocycles. The predicted octanol–water partition coefficient (Wildman–Crippen LogP) is 2.89. The summed E-state index contributed by atoms with van der Waals surface area (Å²) >= 11 is 0. The van der Waals surface area contributed by atoms with Gasteiger partial charge in [0.25, 0.3) is 11.4 Å². The first-order valence-electron chi connectivity index (χ1n) is 8.23. The molecule has 0 bridgehead atoms. The highest BCUT2D eigenvalue weighted by Gasteiger charge is 2.33. The van der Waals surface area contributed by atoms with Crippen LogP contribution >= 0.6 is 0 Å². The topological polar surface area (TPSA) is 86.4 Å². The number of hydrogen-bond acceptors (Lipinski definition) is 5. The van der Waals surface area contributed by atoms with E-state index in [2.05, 4.69) is 25.0 Å². The normalized spacial score (nSPS) is 13.3. The number of anilines is 2. The van der Waals surface area contributed by atoms with Crippen LogP contribution in [-0.4, -0.2) is 24.2 Å². The minimum Gasteiger partial charge on any atom is -0.472 e. The fourth-order valence-electron chi connectivity index (χ4n) is 2.94. The molecule has 0 fully saturated rings. The van der Waals surface area contributed by atoms with Gasteiger partial charge in [0.15, 0.2) is 0 Å². The number of pyridine rings is 1. The number of nitrogens with one attached hydrogen (secondary N) is 1. The monoisotopic (exact) mass is 377 g/mol. The molecule has 26 heavy (non-hydrogen) atoms. The third kappa shape index (κ3) is 2.98. The van der Waals surface area contributed by atoms with E-state index >= 15 is 0 Å². The third-order valence-corrected chi connectivity index (χ3v) is 6.50. The van der Waals surface area contributed by atoms with Crippen LogP contribution in [0.3, 0.4) is 0 Å². The number of ether oxygens (including phenoxy) is 1. The van der Waals surface area contributed by atoms with Crippen molar-refractivity contribution in [2.75, 3.05) is 11.9 Å². The van der Waals surface area contributed by atoms with Crippen molar-refractivity contribution in [2.24, 2.45) is 0 Å². The highest BCUT2D eigenvalue weighted by atomic mass is 28.3. The predicted molar refractivity (Wildman–Crippen MR) is 100 cm³/mol. The second-order valence-corrected chi connectivity index (χ2v) is 12.4. The van der Waals surface area contributed by atoms with E-state index in [9.17, 15) is 19.3 Å². The second kappa shape index (κ2) is 6.24. The van der Waals surface area contributed by atoms with Gasteiger partial charge in [-0.25, -0.2) is 4.39 Å². The van der Waals surface area contributed by atoms with Gasteiger partial charge in [0, 0.05) is 5.56 Å². The molecule has 9 heteroatoms. The van der Waals surface area contributed by atoms with Crippen LogP contribution in [0.2, 0.25) is 19.6 Å². The van der Waals surface area contributed by atoms with Gasteiger partial charge in [0.05, 0.1) is 25.2 Å². The first-order valence-corrected chi connectivity index (χ1v) is 11.7.